The second-order valence-corrected chi connectivity index (χ2v) is 3.86. The molecule has 4 nitrogen and oxygen atoms in total. The van der Waals surface area contributed by atoms with Crippen molar-refractivity contribution >= 4 is 18.1 Å². The molecule has 0 aromatic carbocycles. The van der Waals surface area contributed by atoms with Crippen molar-refractivity contribution in [3.05, 3.63) is 36.3 Å². The molecule has 0 radical (unpaired) electrons. The Hall–Kier alpha value is -1.55. The van der Waals surface area contributed by atoms with Gasteiger partial charge in [0, 0.05) is 12.1 Å². The van der Waals surface area contributed by atoms with E-state index >= 15 is 0 Å². The highest BCUT2D eigenvalue weighted by Crippen LogP contribution is 2.43. The summed E-state index contributed by atoms with van der Waals surface area (Å²) in [4.78, 5) is 4.28. The number of halogens is 1. The molecule has 0 aliphatic heterocycles. The van der Waals surface area contributed by atoms with Crippen LogP contribution in [0.2, 0.25) is 0 Å². The number of aromatic nitrogens is 3. The monoisotopic (exact) mass is 236 g/mol. The van der Waals surface area contributed by atoms with Gasteiger partial charge in [-0.3, -0.25) is 0 Å². The van der Waals surface area contributed by atoms with Gasteiger partial charge in [-0.25, -0.2) is 9.67 Å². The Morgan fingerprint density at radius 1 is 1.31 bits per heavy atom. The van der Waals surface area contributed by atoms with Crippen LogP contribution >= 0.6 is 12.4 Å². The van der Waals surface area contributed by atoms with Crippen molar-refractivity contribution in [1.82, 2.24) is 14.8 Å². The van der Waals surface area contributed by atoms with Gasteiger partial charge in [0.05, 0.1) is 17.6 Å². The first-order valence-electron chi connectivity index (χ1n) is 5.11. The fourth-order valence-electron chi connectivity index (χ4n) is 1.80. The van der Waals surface area contributed by atoms with E-state index < -0.39 is 0 Å². The largest absolute Gasteiger partial charge is 0.396 e. The molecule has 16 heavy (non-hydrogen) atoms. The van der Waals surface area contributed by atoms with E-state index in [9.17, 15) is 0 Å². The van der Waals surface area contributed by atoms with Gasteiger partial charge >= 0.3 is 0 Å². The van der Waals surface area contributed by atoms with E-state index in [4.69, 9.17) is 5.73 Å². The Balaban J connectivity index is 0.000000963. The van der Waals surface area contributed by atoms with E-state index in [1.165, 1.54) is 12.8 Å². The molecule has 0 saturated heterocycles. The standard InChI is InChI=1S/C11H12N4.ClH/c12-9-7-14-15(11(9)8-4-5-8)10-3-1-2-6-13-10;/h1-3,6-8H,4-5,12H2;1H. The number of rotatable bonds is 2. The van der Waals surface area contributed by atoms with Crippen LogP contribution < -0.4 is 5.73 Å². The molecule has 1 fully saturated rings. The fraction of sp³-hybridized carbons (Fsp3) is 0.273. The van der Waals surface area contributed by atoms with Crippen LogP contribution in [0.25, 0.3) is 5.82 Å². The first kappa shape index (κ1) is 11.0. The van der Waals surface area contributed by atoms with E-state index in [2.05, 4.69) is 10.1 Å². The molecular weight excluding hydrogens is 224 g/mol. The zero-order valence-corrected chi connectivity index (χ0v) is 9.52. The van der Waals surface area contributed by atoms with Crippen LogP contribution in [-0.2, 0) is 0 Å². The van der Waals surface area contributed by atoms with Gasteiger partial charge in [0.1, 0.15) is 0 Å². The molecule has 5 heteroatoms. The predicted molar refractivity (Wildman–Crippen MR) is 65.0 cm³/mol. The highest BCUT2D eigenvalue weighted by Gasteiger charge is 2.30. The number of nitrogen functional groups attached to an aromatic ring is 1. The number of pyridine rings is 1. The summed E-state index contributed by atoms with van der Waals surface area (Å²) in [5.74, 6) is 1.42. The Morgan fingerprint density at radius 3 is 2.75 bits per heavy atom. The smallest absolute Gasteiger partial charge is 0.153 e. The van der Waals surface area contributed by atoms with E-state index in [-0.39, 0.29) is 12.4 Å². The summed E-state index contributed by atoms with van der Waals surface area (Å²) in [7, 11) is 0. The summed E-state index contributed by atoms with van der Waals surface area (Å²) < 4.78 is 1.85. The fourth-order valence-corrected chi connectivity index (χ4v) is 1.80. The van der Waals surface area contributed by atoms with Crippen molar-refractivity contribution in [2.24, 2.45) is 0 Å². The normalized spacial score (nSPS) is 14.5. The maximum Gasteiger partial charge on any atom is 0.153 e. The van der Waals surface area contributed by atoms with Crippen molar-refractivity contribution in [1.29, 1.82) is 0 Å². The Bertz CT molecular complexity index is 476. The van der Waals surface area contributed by atoms with E-state index in [1.54, 1.807) is 12.4 Å². The van der Waals surface area contributed by atoms with Crippen LogP contribution in [0.5, 0.6) is 0 Å². The number of hydrogen-bond donors (Lipinski definition) is 1. The zero-order valence-electron chi connectivity index (χ0n) is 8.71. The lowest BCUT2D eigenvalue weighted by molar-refractivity contribution is 0.785. The lowest BCUT2D eigenvalue weighted by atomic mass is 10.2. The molecule has 1 aliphatic rings. The SMILES string of the molecule is Cl.Nc1cnn(-c2ccccn2)c1C1CC1. The van der Waals surface area contributed by atoms with Gasteiger partial charge < -0.3 is 5.73 Å². The Labute approximate surface area is 99.9 Å². The molecule has 0 unspecified atom stereocenters. The van der Waals surface area contributed by atoms with Crippen LogP contribution in [0.1, 0.15) is 24.5 Å². The van der Waals surface area contributed by atoms with Crippen molar-refractivity contribution in [2.45, 2.75) is 18.8 Å². The van der Waals surface area contributed by atoms with E-state index in [0.29, 0.717) is 5.92 Å². The second kappa shape index (κ2) is 4.14. The maximum absolute atomic E-state index is 5.91. The Morgan fingerprint density at radius 2 is 2.12 bits per heavy atom. The van der Waals surface area contributed by atoms with E-state index in [1.807, 2.05) is 22.9 Å². The first-order chi connectivity index (χ1) is 7.36. The lowest BCUT2D eigenvalue weighted by Crippen LogP contribution is -2.04. The van der Waals surface area contributed by atoms with Gasteiger partial charge in [-0.1, -0.05) is 6.07 Å². The third-order valence-corrected chi connectivity index (χ3v) is 2.67. The van der Waals surface area contributed by atoms with Gasteiger partial charge in [0.2, 0.25) is 0 Å². The average molecular weight is 237 g/mol. The molecule has 1 aliphatic carbocycles. The van der Waals surface area contributed by atoms with Gasteiger partial charge in [-0.05, 0) is 25.0 Å². The molecule has 84 valence electrons. The minimum Gasteiger partial charge on any atom is -0.396 e. The molecule has 2 N–H and O–H groups in total. The number of nitrogens with two attached hydrogens (primary N) is 1. The number of hydrogen-bond acceptors (Lipinski definition) is 3. The quantitative estimate of drug-likeness (QED) is 0.869. The summed E-state index contributed by atoms with van der Waals surface area (Å²) >= 11 is 0. The first-order valence-corrected chi connectivity index (χ1v) is 5.11. The lowest BCUT2D eigenvalue weighted by Gasteiger charge is -2.05. The molecule has 0 spiro atoms. The molecule has 2 heterocycles. The van der Waals surface area contributed by atoms with Crippen molar-refractivity contribution < 1.29 is 0 Å². The second-order valence-electron chi connectivity index (χ2n) is 3.86. The Kier molecular flexibility index (Phi) is 2.83. The molecule has 0 bridgehead atoms. The summed E-state index contributed by atoms with van der Waals surface area (Å²) in [5, 5.41) is 4.28. The molecule has 2 aromatic rings. The minimum atomic E-state index is 0. The van der Waals surface area contributed by atoms with Gasteiger partial charge in [-0.2, -0.15) is 5.10 Å². The van der Waals surface area contributed by atoms with Gasteiger partial charge in [-0.15, -0.1) is 12.4 Å². The summed E-state index contributed by atoms with van der Waals surface area (Å²) in [6, 6.07) is 5.79. The van der Waals surface area contributed by atoms with Crippen LogP contribution in [0.3, 0.4) is 0 Å². The number of anilines is 1. The van der Waals surface area contributed by atoms with Crippen molar-refractivity contribution in [3.63, 3.8) is 0 Å². The topological polar surface area (TPSA) is 56.7 Å². The maximum atomic E-state index is 5.91. The molecule has 3 rings (SSSR count). The van der Waals surface area contributed by atoms with Crippen LogP contribution in [0.4, 0.5) is 5.69 Å². The number of nitrogens with zero attached hydrogens (tertiary/aromatic N) is 3. The van der Waals surface area contributed by atoms with Crippen molar-refractivity contribution in [3.8, 4) is 5.82 Å². The average Bonchev–Trinajstić information content (AvgIpc) is 3.03. The van der Waals surface area contributed by atoms with Crippen molar-refractivity contribution in [2.75, 3.05) is 5.73 Å². The molecule has 0 atom stereocenters. The molecule has 0 amide bonds. The van der Waals surface area contributed by atoms with Gasteiger partial charge in [0.15, 0.2) is 5.82 Å². The predicted octanol–water partition coefficient (Wildman–Crippen LogP) is 2.15. The van der Waals surface area contributed by atoms with Gasteiger partial charge in [0.25, 0.3) is 0 Å². The molecule has 1 saturated carbocycles. The summed E-state index contributed by atoms with van der Waals surface area (Å²) in [6.45, 7) is 0. The highest BCUT2D eigenvalue weighted by molar-refractivity contribution is 5.85. The van der Waals surface area contributed by atoms with Crippen LogP contribution in [0, 0.1) is 0 Å². The highest BCUT2D eigenvalue weighted by atomic mass is 35.5. The third kappa shape index (κ3) is 1.76. The third-order valence-electron chi connectivity index (χ3n) is 2.67. The summed E-state index contributed by atoms with van der Waals surface area (Å²) in [5.41, 5.74) is 7.81. The molecular formula is C11H13ClN4. The van der Waals surface area contributed by atoms with Crippen LogP contribution in [0.15, 0.2) is 30.6 Å². The van der Waals surface area contributed by atoms with Crippen LogP contribution in [-0.4, -0.2) is 14.8 Å². The minimum absolute atomic E-state index is 0. The zero-order chi connectivity index (χ0) is 10.3. The molecule has 2 aromatic heterocycles. The summed E-state index contributed by atoms with van der Waals surface area (Å²) in [6.07, 6.45) is 5.90. The van der Waals surface area contributed by atoms with E-state index in [0.717, 1.165) is 17.2 Å².